The molecule has 0 aliphatic carbocycles. The number of ether oxygens (including phenoxy) is 1. The molecule has 2 heterocycles. The quantitative estimate of drug-likeness (QED) is 0.904. The van der Waals surface area contributed by atoms with Gasteiger partial charge in [-0.3, -0.25) is 4.90 Å². The lowest BCUT2D eigenvalue weighted by Gasteiger charge is -2.33. The lowest BCUT2D eigenvalue weighted by atomic mass is 10.0. The summed E-state index contributed by atoms with van der Waals surface area (Å²) in [6.07, 6.45) is 4.80. The Labute approximate surface area is 140 Å². The van der Waals surface area contributed by atoms with Crippen LogP contribution in [-0.4, -0.2) is 60.3 Å². The number of methoxy groups -OCH3 is 1. The van der Waals surface area contributed by atoms with Gasteiger partial charge in [-0.05, 0) is 62.5 Å². The first-order chi connectivity index (χ1) is 11.1. The van der Waals surface area contributed by atoms with E-state index in [0.717, 1.165) is 51.4 Å². The highest BCUT2D eigenvalue weighted by molar-refractivity contribution is 5.34. The van der Waals surface area contributed by atoms with E-state index in [0.29, 0.717) is 0 Å². The largest absolute Gasteiger partial charge is 0.497 e. The first kappa shape index (κ1) is 16.7. The van der Waals surface area contributed by atoms with E-state index in [1.807, 2.05) is 6.07 Å². The molecule has 1 aromatic carbocycles. The third-order valence-corrected chi connectivity index (χ3v) is 5.32. The van der Waals surface area contributed by atoms with Crippen LogP contribution in [0.3, 0.4) is 0 Å². The minimum absolute atomic E-state index is 0.530. The van der Waals surface area contributed by atoms with Crippen LogP contribution in [0.1, 0.15) is 36.8 Å². The smallest absolute Gasteiger partial charge is 0.119 e. The number of β-amino-alcohol motifs (C(OH)–C–C–N with tert-alkyl or cyclic N) is 1. The van der Waals surface area contributed by atoms with Crippen molar-refractivity contribution >= 4 is 0 Å². The molecule has 128 valence electrons. The first-order valence-electron chi connectivity index (χ1n) is 8.89. The Hall–Kier alpha value is -1.10. The summed E-state index contributed by atoms with van der Waals surface area (Å²) >= 11 is 0. The van der Waals surface area contributed by atoms with Crippen molar-refractivity contribution in [3.63, 3.8) is 0 Å². The molecule has 0 saturated carbocycles. The predicted molar refractivity (Wildman–Crippen MR) is 92.9 cm³/mol. The summed E-state index contributed by atoms with van der Waals surface area (Å²) in [5, 5.41) is 10.9. The Kier molecular flexibility index (Phi) is 5.24. The molecule has 1 atom stereocenters. The van der Waals surface area contributed by atoms with E-state index in [4.69, 9.17) is 4.74 Å². The van der Waals surface area contributed by atoms with Gasteiger partial charge in [-0.25, -0.2) is 0 Å². The van der Waals surface area contributed by atoms with Crippen molar-refractivity contribution in [1.29, 1.82) is 0 Å². The molecule has 4 heteroatoms. The second kappa shape index (κ2) is 7.20. The van der Waals surface area contributed by atoms with Gasteiger partial charge in [0.15, 0.2) is 0 Å². The molecule has 2 fully saturated rings. The summed E-state index contributed by atoms with van der Waals surface area (Å²) in [6, 6.07) is 6.26. The molecule has 3 rings (SSSR count). The maximum Gasteiger partial charge on any atom is 0.119 e. The van der Waals surface area contributed by atoms with Crippen LogP contribution in [0, 0.1) is 6.92 Å². The number of aryl methyl sites for hydroxylation is 1. The monoisotopic (exact) mass is 318 g/mol. The summed E-state index contributed by atoms with van der Waals surface area (Å²) in [6.45, 7) is 7.96. The van der Waals surface area contributed by atoms with Gasteiger partial charge in [0.2, 0.25) is 0 Å². The van der Waals surface area contributed by atoms with Gasteiger partial charge in [-0.15, -0.1) is 0 Å². The summed E-state index contributed by atoms with van der Waals surface area (Å²) in [5.74, 6) is 0.911. The molecule has 0 amide bonds. The predicted octanol–water partition coefficient (Wildman–Crippen LogP) is 2.43. The average molecular weight is 318 g/mol. The molecule has 23 heavy (non-hydrogen) atoms. The molecule has 1 N–H and O–H groups in total. The van der Waals surface area contributed by atoms with Crippen LogP contribution in [0.5, 0.6) is 5.75 Å². The van der Waals surface area contributed by atoms with Crippen LogP contribution in [-0.2, 0) is 6.54 Å². The van der Waals surface area contributed by atoms with E-state index >= 15 is 0 Å². The summed E-state index contributed by atoms with van der Waals surface area (Å²) in [4.78, 5) is 4.84. The molecule has 0 unspecified atom stereocenters. The Morgan fingerprint density at radius 3 is 2.61 bits per heavy atom. The van der Waals surface area contributed by atoms with Crippen molar-refractivity contribution in [3.8, 4) is 5.75 Å². The van der Waals surface area contributed by atoms with E-state index in [1.165, 1.54) is 30.4 Å². The van der Waals surface area contributed by atoms with Crippen molar-refractivity contribution in [2.75, 3.05) is 39.8 Å². The maximum atomic E-state index is 10.9. The van der Waals surface area contributed by atoms with Crippen molar-refractivity contribution in [1.82, 2.24) is 9.80 Å². The number of aliphatic hydroxyl groups is 1. The van der Waals surface area contributed by atoms with Gasteiger partial charge in [0.25, 0.3) is 0 Å². The van der Waals surface area contributed by atoms with Crippen molar-refractivity contribution < 1.29 is 9.84 Å². The third kappa shape index (κ3) is 4.25. The minimum Gasteiger partial charge on any atom is -0.497 e. The Morgan fingerprint density at radius 2 is 1.91 bits per heavy atom. The van der Waals surface area contributed by atoms with E-state index in [-0.39, 0.29) is 0 Å². The lowest BCUT2D eigenvalue weighted by molar-refractivity contribution is 0.00633. The highest BCUT2D eigenvalue weighted by atomic mass is 16.5. The van der Waals surface area contributed by atoms with Gasteiger partial charge >= 0.3 is 0 Å². The number of nitrogens with zero attached hydrogens (tertiary/aromatic N) is 2. The van der Waals surface area contributed by atoms with Gasteiger partial charge in [-0.1, -0.05) is 12.5 Å². The zero-order chi connectivity index (χ0) is 16.3. The number of likely N-dealkylation sites (tertiary alicyclic amines) is 2. The molecule has 0 radical (unpaired) electrons. The Morgan fingerprint density at radius 1 is 1.13 bits per heavy atom. The minimum atomic E-state index is -0.530. The molecular formula is C19H30N2O2. The van der Waals surface area contributed by atoms with Crippen LogP contribution < -0.4 is 4.74 Å². The molecule has 0 bridgehead atoms. The fourth-order valence-corrected chi connectivity index (χ4v) is 3.95. The van der Waals surface area contributed by atoms with Gasteiger partial charge < -0.3 is 14.7 Å². The van der Waals surface area contributed by atoms with Crippen LogP contribution in [0.4, 0.5) is 0 Å². The molecule has 4 nitrogen and oxygen atoms in total. The number of hydrogen-bond donors (Lipinski definition) is 1. The number of piperidine rings is 1. The first-order valence-corrected chi connectivity index (χ1v) is 8.89. The summed E-state index contributed by atoms with van der Waals surface area (Å²) in [7, 11) is 1.70. The van der Waals surface area contributed by atoms with Crippen molar-refractivity contribution in [3.05, 3.63) is 29.3 Å². The third-order valence-electron chi connectivity index (χ3n) is 5.32. The molecular weight excluding hydrogens is 288 g/mol. The average Bonchev–Trinajstić information content (AvgIpc) is 2.91. The number of rotatable bonds is 5. The standard InChI is InChI=1S/C19H30N2O2/c1-16-12-18(23-2)7-6-17(16)13-21-11-8-19(22,15-21)14-20-9-4-3-5-10-20/h6-7,12,22H,3-5,8-11,13-15H2,1-2H3/t19-/m1/s1. The van der Waals surface area contributed by atoms with Crippen LogP contribution in [0.15, 0.2) is 18.2 Å². The number of hydrogen-bond acceptors (Lipinski definition) is 4. The highest BCUT2D eigenvalue weighted by Crippen LogP contribution is 2.26. The van der Waals surface area contributed by atoms with Gasteiger partial charge in [0.05, 0.1) is 12.7 Å². The maximum absolute atomic E-state index is 10.9. The van der Waals surface area contributed by atoms with Crippen LogP contribution in [0.25, 0.3) is 0 Å². The van der Waals surface area contributed by atoms with E-state index < -0.39 is 5.60 Å². The second-order valence-electron chi connectivity index (χ2n) is 7.31. The SMILES string of the molecule is COc1ccc(CN2CC[C@@](O)(CN3CCCCC3)C2)c(C)c1. The Bertz CT molecular complexity index is 528. The Balaban J connectivity index is 1.56. The normalized spacial score (nSPS) is 26.6. The van der Waals surface area contributed by atoms with Gasteiger partial charge in [-0.2, -0.15) is 0 Å². The van der Waals surface area contributed by atoms with Gasteiger partial charge in [0, 0.05) is 26.2 Å². The van der Waals surface area contributed by atoms with Crippen LogP contribution >= 0.6 is 0 Å². The second-order valence-corrected chi connectivity index (χ2v) is 7.31. The van der Waals surface area contributed by atoms with E-state index in [1.54, 1.807) is 7.11 Å². The van der Waals surface area contributed by atoms with Crippen molar-refractivity contribution in [2.45, 2.75) is 44.8 Å². The molecule has 2 aliphatic heterocycles. The highest BCUT2D eigenvalue weighted by Gasteiger charge is 2.37. The molecule has 0 aromatic heterocycles. The zero-order valence-corrected chi connectivity index (χ0v) is 14.6. The van der Waals surface area contributed by atoms with Crippen molar-refractivity contribution in [2.24, 2.45) is 0 Å². The fourth-order valence-electron chi connectivity index (χ4n) is 3.95. The zero-order valence-electron chi connectivity index (χ0n) is 14.6. The summed E-state index contributed by atoms with van der Waals surface area (Å²) in [5.41, 5.74) is 2.06. The molecule has 0 spiro atoms. The number of benzene rings is 1. The van der Waals surface area contributed by atoms with E-state index in [9.17, 15) is 5.11 Å². The molecule has 2 aliphatic rings. The molecule has 2 saturated heterocycles. The van der Waals surface area contributed by atoms with E-state index in [2.05, 4.69) is 28.9 Å². The fraction of sp³-hybridized carbons (Fsp3) is 0.684. The van der Waals surface area contributed by atoms with Gasteiger partial charge in [0.1, 0.15) is 5.75 Å². The lowest BCUT2D eigenvalue weighted by Crippen LogP contribution is -2.46. The molecule has 1 aromatic rings. The summed E-state index contributed by atoms with van der Waals surface area (Å²) < 4.78 is 5.28. The van der Waals surface area contributed by atoms with Crippen LogP contribution in [0.2, 0.25) is 0 Å². The topological polar surface area (TPSA) is 35.9 Å².